The van der Waals surface area contributed by atoms with Crippen LogP contribution in [0.2, 0.25) is 0 Å². The van der Waals surface area contributed by atoms with E-state index in [1.165, 1.54) is 0 Å². The van der Waals surface area contributed by atoms with Gasteiger partial charge in [-0.25, -0.2) is 9.18 Å². The van der Waals surface area contributed by atoms with Gasteiger partial charge in [-0.2, -0.15) is 4.39 Å². The van der Waals surface area contributed by atoms with Gasteiger partial charge in [-0.15, -0.1) is 0 Å². The van der Waals surface area contributed by atoms with Crippen LogP contribution in [0.5, 0.6) is 0 Å². The van der Waals surface area contributed by atoms with Gasteiger partial charge in [-0.1, -0.05) is 0 Å². The fourth-order valence-corrected chi connectivity index (χ4v) is 1.08. The molecule has 0 saturated heterocycles. The van der Waals surface area contributed by atoms with Crippen LogP contribution in [0.15, 0.2) is 6.07 Å². The highest BCUT2D eigenvalue weighted by Crippen LogP contribution is 2.27. The molecule has 0 unspecified atom stereocenters. The van der Waals surface area contributed by atoms with E-state index in [-0.39, 0.29) is 0 Å². The lowest BCUT2D eigenvalue weighted by Crippen LogP contribution is -2.07. The van der Waals surface area contributed by atoms with E-state index in [1.54, 1.807) is 0 Å². The van der Waals surface area contributed by atoms with Gasteiger partial charge in [-0.05, 0) is 13.0 Å². The Morgan fingerprint density at radius 1 is 1.53 bits per heavy atom. The predicted molar refractivity (Wildman–Crippen MR) is 44.7 cm³/mol. The van der Waals surface area contributed by atoms with Gasteiger partial charge in [0.15, 0.2) is 0 Å². The third kappa shape index (κ3) is 1.76. The molecule has 0 aliphatic heterocycles. The number of carboxylic acids is 1. The highest BCUT2D eigenvalue weighted by molar-refractivity contribution is 5.89. The SMILES string of the molecule is Cc1c(F)cc(C(=O)O)c(F)c1[N+](=O)[O-]. The Bertz CT molecular complexity index is 458. The summed E-state index contributed by atoms with van der Waals surface area (Å²) in [6, 6.07) is 0.417. The summed E-state index contributed by atoms with van der Waals surface area (Å²) < 4.78 is 26.2. The fourth-order valence-electron chi connectivity index (χ4n) is 1.08. The minimum Gasteiger partial charge on any atom is -0.478 e. The molecule has 0 spiro atoms. The zero-order valence-corrected chi connectivity index (χ0v) is 7.45. The Labute approximate surface area is 82.1 Å². The molecule has 0 heterocycles. The van der Waals surface area contributed by atoms with Crippen LogP contribution in [0.3, 0.4) is 0 Å². The van der Waals surface area contributed by atoms with Crippen LogP contribution in [0.4, 0.5) is 14.5 Å². The first-order chi connectivity index (χ1) is 6.86. The third-order valence-corrected chi connectivity index (χ3v) is 1.84. The molecule has 1 aromatic carbocycles. The maximum Gasteiger partial charge on any atom is 0.339 e. The van der Waals surface area contributed by atoms with Crippen molar-refractivity contribution in [3.05, 3.63) is 38.9 Å². The Hall–Kier alpha value is -2.05. The average molecular weight is 217 g/mol. The van der Waals surface area contributed by atoms with Crippen molar-refractivity contribution < 1.29 is 23.6 Å². The molecule has 0 aliphatic carbocycles. The van der Waals surface area contributed by atoms with E-state index in [0.29, 0.717) is 6.07 Å². The molecule has 0 aliphatic rings. The van der Waals surface area contributed by atoms with E-state index >= 15 is 0 Å². The molecule has 0 fully saturated rings. The summed E-state index contributed by atoms with van der Waals surface area (Å²) >= 11 is 0. The van der Waals surface area contributed by atoms with E-state index in [1.807, 2.05) is 0 Å². The summed E-state index contributed by atoms with van der Waals surface area (Å²) in [5.41, 5.74) is -2.72. The van der Waals surface area contributed by atoms with E-state index < -0.39 is 39.3 Å². The standard InChI is InChI=1S/C8H5F2NO4/c1-3-5(9)2-4(8(12)13)6(10)7(3)11(14)15/h2H,1H3,(H,12,13). The van der Waals surface area contributed by atoms with E-state index in [2.05, 4.69) is 0 Å². The minimum absolute atomic E-state index is 0.417. The van der Waals surface area contributed by atoms with Gasteiger partial charge >= 0.3 is 11.7 Å². The first-order valence-electron chi connectivity index (χ1n) is 3.72. The van der Waals surface area contributed by atoms with Crippen LogP contribution in [0, 0.1) is 28.7 Å². The number of halogens is 2. The molecule has 15 heavy (non-hydrogen) atoms. The van der Waals surface area contributed by atoms with Crippen LogP contribution in [-0.2, 0) is 0 Å². The molecule has 1 aromatic rings. The van der Waals surface area contributed by atoms with Gasteiger partial charge in [0.1, 0.15) is 11.4 Å². The molecule has 7 heteroatoms. The first kappa shape index (κ1) is 11.0. The molecular weight excluding hydrogens is 212 g/mol. The second kappa shape index (κ2) is 3.60. The third-order valence-electron chi connectivity index (χ3n) is 1.84. The molecule has 0 radical (unpaired) electrons. The molecule has 5 nitrogen and oxygen atoms in total. The van der Waals surface area contributed by atoms with Gasteiger partial charge in [0.2, 0.25) is 5.82 Å². The van der Waals surface area contributed by atoms with Crippen LogP contribution in [-0.4, -0.2) is 16.0 Å². The smallest absolute Gasteiger partial charge is 0.339 e. The first-order valence-corrected chi connectivity index (χ1v) is 3.72. The molecule has 1 N–H and O–H groups in total. The van der Waals surface area contributed by atoms with Crippen molar-refractivity contribution in [2.75, 3.05) is 0 Å². The Morgan fingerprint density at radius 2 is 2.07 bits per heavy atom. The number of aromatic carboxylic acids is 1. The fraction of sp³-hybridized carbons (Fsp3) is 0.125. The lowest BCUT2D eigenvalue weighted by molar-refractivity contribution is -0.388. The summed E-state index contributed by atoms with van der Waals surface area (Å²) in [7, 11) is 0. The molecule has 0 amide bonds. The van der Waals surface area contributed by atoms with Gasteiger partial charge in [0.05, 0.1) is 10.5 Å². The lowest BCUT2D eigenvalue weighted by Gasteiger charge is -2.03. The van der Waals surface area contributed by atoms with Crippen LogP contribution in [0.25, 0.3) is 0 Å². The van der Waals surface area contributed by atoms with Crippen molar-refractivity contribution >= 4 is 11.7 Å². The van der Waals surface area contributed by atoms with Crippen molar-refractivity contribution in [1.29, 1.82) is 0 Å². The molecule has 1 rings (SSSR count). The van der Waals surface area contributed by atoms with Gasteiger partial charge in [-0.3, -0.25) is 10.1 Å². The monoisotopic (exact) mass is 217 g/mol. The topological polar surface area (TPSA) is 80.4 Å². The number of benzene rings is 1. The zero-order chi connectivity index (χ0) is 11.7. The van der Waals surface area contributed by atoms with E-state index in [0.717, 1.165) is 6.92 Å². The minimum atomic E-state index is -1.76. The molecule has 0 bridgehead atoms. The molecule has 0 atom stereocenters. The number of carboxylic acid groups (broad SMARTS) is 1. The second-order valence-corrected chi connectivity index (χ2v) is 2.76. The number of nitro groups is 1. The Morgan fingerprint density at radius 3 is 2.47 bits per heavy atom. The summed E-state index contributed by atoms with van der Waals surface area (Å²) in [6.07, 6.45) is 0. The number of carbonyl (C=O) groups is 1. The number of nitro benzene ring substituents is 1. The largest absolute Gasteiger partial charge is 0.478 e. The summed E-state index contributed by atoms with van der Waals surface area (Å²) in [4.78, 5) is 19.7. The summed E-state index contributed by atoms with van der Waals surface area (Å²) in [5, 5.41) is 18.8. The number of nitrogens with zero attached hydrogens (tertiary/aromatic N) is 1. The van der Waals surface area contributed by atoms with E-state index in [4.69, 9.17) is 5.11 Å². The van der Waals surface area contributed by atoms with Crippen molar-refractivity contribution in [3.8, 4) is 0 Å². The van der Waals surface area contributed by atoms with Crippen LogP contribution < -0.4 is 0 Å². The number of hydrogen-bond donors (Lipinski definition) is 1. The van der Waals surface area contributed by atoms with Crippen LogP contribution in [0.1, 0.15) is 15.9 Å². The quantitative estimate of drug-likeness (QED) is 0.605. The van der Waals surface area contributed by atoms with E-state index in [9.17, 15) is 23.7 Å². The van der Waals surface area contributed by atoms with Gasteiger partial charge in [0.25, 0.3) is 0 Å². The summed E-state index contributed by atoms with van der Waals surface area (Å²) in [5.74, 6) is -4.42. The van der Waals surface area contributed by atoms with Crippen molar-refractivity contribution in [1.82, 2.24) is 0 Å². The highest BCUT2D eigenvalue weighted by Gasteiger charge is 2.27. The van der Waals surface area contributed by atoms with Gasteiger partial charge < -0.3 is 5.11 Å². The van der Waals surface area contributed by atoms with Crippen LogP contribution >= 0.6 is 0 Å². The maximum absolute atomic E-state index is 13.2. The Kier molecular flexibility index (Phi) is 2.65. The summed E-state index contributed by atoms with van der Waals surface area (Å²) in [6.45, 7) is 1.00. The van der Waals surface area contributed by atoms with Gasteiger partial charge in [0, 0.05) is 0 Å². The van der Waals surface area contributed by atoms with Crippen molar-refractivity contribution in [2.24, 2.45) is 0 Å². The maximum atomic E-state index is 13.2. The normalized spacial score (nSPS) is 10.1. The Balaban J connectivity index is 3.63. The zero-order valence-electron chi connectivity index (χ0n) is 7.45. The average Bonchev–Trinajstić information content (AvgIpc) is 2.10. The molecule has 80 valence electrons. The lowest BCUT2D eigenvalue weighted by atomic mass is 10.1. The predicted octanol–water partition coefficient (Wildman–Crippen LogP) is 1.88. The highest BCUT2D eigenvalue weighted by atomic mass is 19.1. The second-order valence-electron chi connectivity index (χ2n) is 2.76. The molecular formula is C8H5F2NO4. The molecule has 0 aromatic heterocycles. The number of hydrogen-bond acceptors (Lipinski definition) is 3. The number of rotatable bonds is 2. The van der Waals surface area contributed by atoms with Crippen molar-refractivity contribution in [3.63, 3.8) is 0 Å². The molecule has 0 saturated carbocycles. The van der Waals surface area contributed by atoms with Crippen molar-refractivity contribution in [2.45, 2.75) is 6.92 Å².